The molecule has 2 rings (SSSR count). The summed E-state index contributed by atoms with van der Waals surface area (Å²) in [5.41, 5.74) is 6.14. The number of hydrogen-bond donors (Lipinski definition) is 2. The highest BCUT2D eigenvalue weighted by Crippen LogP contribution is 2.17. The summed E-state index contributed by atoms with van der Waals surface area (Å²) in [7, 11) is 0. The van der Waals surface area contributed by atoms with Gasteiger partial charge in [0.15, 0.2) is 17.7 Å². The van der Waals surface area contributed by atoms with Gasteiger partial charge in [-0.05, 0) is 45.4 Å². The van der Waals surface area contributed by atoms with Crippen LogP contribution < -0.4 is 10.2 Å². The highest BCUT2D eigenvalue weighted by Gasteiger charge is 2.16. The van der Waals surface area contributed by atoms with Crippen molar-refractivity contribution < 1.29 is 13.9 Å². The monoisotopic (exact) mass is 317 g/mol. The number of aromatic nitrogens is 1. The molecule has 0 spiro atoms. The van der Waals surface area contributed by atoms with Crippen LogP contribution >= 0.6 is 0 Å². The molecule has 0 aliphatic heterocycles. The zero-order valence-corrected chi connectivity index (χ0v) is 13.6. The topological polar surface area (TPSA) is 66.5 Å². The molecule has 2 N–H and O–H groups in total. The molecule has 0 aliphatic carbocycles. The highest BCUT2D eigenvalue weighted by atomic mass is 19.1. The Hall–Kier alpha value is -2.63. The number of amides is 1. The lowest BCUT2D eigenvalue weighted by Crippen LogP contribution is -2.34. The minimum Gasteiger partial charge on any atom is -0.478 e. The van der Waals surface area contributed by atoms with Crippen molar-refractivity contribution in [1.82, 2.24) is 10.4 Å². The molecule has 0 radical (unpaired) electrons. The van der Waals surface area contributed by atoms with Gasteiger partial charge in [-0.3, -0.25) is 4.79 Å². The van der Waals surface area contributed by atoms with Gasteiger partial charge in [0.2, 0.25) is 0 Å². The van der Waals surface area contributed by atoms with Crippen LogP contribution in [-0.2, 0) is 4.79 Å². The Balaban J connectivity index is 2.01. The first-order valence-electron chi connectivity index (χ1n) is 7.30. The maximum Gasteiger partial charge on any atom is 0.280 e. The number of para-hydroxylation sites is 1. The van der Waals surface area contributed by atoms with Crippen molar-refractivity contribution in [3.63, 3.8) is 0 Å². The molecule has 23 heavy (non-hydrogen) atoms. The van der Waals surface area contributed by atoms with E-state index < -0.39 is 17.8 Å². The van der Waals surface area contributed by atoms with E-state index in [9.17, 15) is 9.18 Å². The summed E-state index contributed by atoms with van der Waals surface area (Å²) in [4.78, 5) is 15.1. The lowest BCUT2D eigenvalue weighted by Gasteiger charge is -2.13. The molecule has 0 unspecified atom stereocenters. The number of H-pyrrole nitrogens is 1. The fraction of sp³-hybridized carbons (Fsp3) is 0.294. The van der Waals surface area contributed by atoms with Crippen molar-refractivity contribution in [1.29, 1.82) is 0 Å². The van der Waals surface area contributed by atoms with Crippen molar-refractivity contribution in [2.24, 2.45) is 5.10 Å². The van der Waals surface area contributed by atoms with Gasteiger partial charge in [-0.1, -0.05) is 12.1 Å². The van der Waals surface area contributed by atoms with E-state index in [1.54, 1.807) is 19.1 Å². The van der Waals surface area contributed by atoms with Gasteiger partial charge in [0, 0.05) is 17.5 Å². The number of benzene rings is 1. The van der Waals surface area contributed by atoms with Crippen molar-refractivity contribution in [2.75, 3.05) is 0 Å². The van der Waals surface area contributed by atoms with E-state index in [0.717, 1.165) is 16.8 Å². The van der Waals surface area contributed by atoms with E-state index in [4.69, 9.17) is 4.74 Å². The number of halogens is 1. The summed E-state index contributed by atoms with van der Waals surface area (Å²) in [6, 6.07) is 5.95. The number of nitrogens with zero attached hydrogens (tertiary/aromatic N) is 1. The van der Waals surface area contributed by atoms with E-state index in [1.807, 2.05) is 27.0 Å². The molecule has 0 fully saturated rings. The van der Waals surface area contributed by atoms with Gasteiger partial charge in [-0.2, -0.15) is 5.10 Å². The van der Waals surface area contributed by atoms with Crippen molar-refractivity contribution >= 4 is 11.6 Å². The Kier molecular flexibility index (Phi) is 5.16. The average molecular weight is 317 g/mol. The number of aromatic amines is 1. The summed E-state index contributed by atoms with van der Waals surface area (Å²) in [6.45, 7) is 7.25. The third-order valence-electron chi connectivity index (χ3n) is 3.48. The zero-order chi connectivity index (χ0) is 17.0. The van der Waals surface area contributed by atoms with Crippen LogP contribution in [0.15, 0.2) is 35.6 Å². The maximum atomic E-state index is 13.5. The zero-order valence-electron chi connectivity index (χ0n) is 13.6. The second-order valence-corrected chi connectivity index (χ2v) is 5.34. The molecule has 1 aromatic carbocycles. The van der Waals surface area contributed by atoms with E-state index in [0.29, 0.717) is 5.71 Å². The van der Waals surface area contributed by atoms with Crippen LogP contribution in [-0.4, -0.2) is 22.7 Å². The molecule has 0 saturated heterocycles. The van der Waals surface area contributed by atoms with Crippen LogP contribution in [0.25, 0.3) is 0 Å². The Morgan fingerprint density at radius 1 is 1.35 bits per heavy atom. The second-order valence-electron chi connectivity index (χ2n) is 5.34. The lowest BCUT2D eigenvalue weighted by atomic mass is 10.1. The molecule has 122 valence electrons. The third kappa shape index (κ3) is 3.97. The second kappa shape index (κ2) is 7.09. The van der Waals surface area contributed by atoms with E-state index >= 15 is 0 Å². The molecule has 1 amide bonds. The average Bonchev–Trinajstić information content (AvgIpc) is 2.85. The molecule has 0 aliphatic rings. The summed E-state index contributed by atoms with van der Waals surface area (Å²) in [5.74, 6) is -0.919. The lowest BCUT2D eigenvalue weighted by molar-refractivity contribution is -0.127. The molecule has 2 aromatic rings. The van der Waals surface area contributed by atoms with Crippen LogP contribution in [0.1, 0.15) is 30.7 Å². The molecular formula is C17H20FN3O2. The Labute approximate surface area is 134 Å². The Bertz CT molecular complexity index is 718. The van der Waals surface area contributed by atoms with E-state index in [1.165, 1.54) is 12.1 Å². The molecular weight excluding hydrogens is 297 g/mol. The summed E-state index contributed by atoms with van der Waals surface area (Å²) >= 11 is 0. The molecule has 0 bridgehead atoms. The fourth-order valence-electron chi connectivity index (χ4n) is 2.28. The van der Waals surface area contributed by atoms with Gasteiger partial charge >= 0.3 is 0 Å². The number of ether oxygens (including phenoxy) is 1. The SMILES string of the molecule is C/C(=N\NC(=O)[C@@H](C)Oc1ccccc1F)c1c(C)c[nH]c1C. The smallest absolute Gasteiger partial charge is 0.280 e. The van der Waals surface area contributed by atoms with Crippen LogP contribution in [0.2, 0.25) is 0 Å². The first-order chi connectivity index (χ1) is 10.9. The third-order valence-corrected chi connectivity index (χ3v) is 3.48. The molecule has 1 atom stereocenters. The predicted molar refractivity (Wildman–Crippen MR) is 87.1 cm³/mol. The molecule has 1 heterocycles. The number of carbonyl (C=O) groups is 1. The summed E-state index contributed by atoms with van der Waals surface area (Å²) < 4.78 is 18.8. The summed E-state index contributed by atoms with van der Waals surface area (Å²) in [6.07, 6.45) is 1.02. The van der Waals surface area contributed by atoms with Crippen LogP contribution in [0.4, 0.5) is 4.39 Å². The molecule has 5 nitrogen and oxygen atoms in total. The maximum absolute atomic E-state index is 13.5. The number of aryl methyl sites for hydroxylation is 2. The van der Waals surface area contributed by atoms with Crippen molar-refractivity contribution in [2.45, 2.75) is 33.8 Å². The quantitative estimate of drug-likeness (QED) is 0.657. The largest absolute Gasteiger partial charge is 0.478 e. The van der Waals surface area contributed by atoms with Gasteiger partial charge in [-0.15, -0.1) is 0 Å². The fourth-order valence-corrected chi connectivity index (χ4v) is 2.28. The number of hydrogen-bond acceptors (Lipinski definition) is 3. The van der Waals surface area contributed by atoms with Crippen LogP contribution in [0.3, 0.4) is 0 Å². The minimum atomic E-state index is -0.864. The van der Waals surface area contributed by atoms with Gasteiger partial charge in [0.25, 0.3) is 5.91 Å². The molecule has 1 aromatic heterocycles. The Morgan fingerprint density at radius 2 is 2.04 bits per heavy atom. The first-order valence-corrected chi connectivity index (χ1v) is 7.30. The highest BCUT2D eigenvalue weighted by molar-refractivity contribution is 6.01. The standard InChI is InChI=1S/C17H20FN3O2/c1-10-9-19-11(2)16(10)12(3)20-21-17(22)13(4)23-15-8-6-5-7-14(15)18/h5-9,13,19H,1-4H3,(H,21,22)/b20-12+/t13-/m1/s1. The molecule has 0 saturated carbocycles. The number of nitrogens with one attached hydrogen (secondary N) is 2. The van der Waals surface area contributed by atoms with Gasteiger partial charge in [-0.25, -0.2) is 9.82 Å². The van der Waals surface area contributed by atoms with Crippen molar-refractivity contribution in [3.05, 3.63) is 53.1 Å². The van der Waals surface area contributed by atoms with Gasteiger partial charge in [0.1, 0.15) is 0 Å². The normalized spacial score (nSPS) is 12.8. The Morgan fingerprint density at radius 3 is 2.65 bits per heavy atom. The predicted octanol–water partition coefficient (Wildman–Crippen LogP) is 3.08. The van der Waals surface area contributed by atoms with Gasteiger partial charge < -0.3 is 9.72 Å². The first kappa shape index (κ1) is 16.7. The van der Waals surface area contributed by atoms with Crippen LogP contribution in [0, 0.1) is 19.7 Å². The van der Waals surface area contributed by atoms with E-state index in [2.05, 4.69) is 15.5 Å². The van der Waals surface area contributed by atoms with E-state index in [-0.39, 0.29) is 5.75 Å². The number of rotatable bonds is 5. The van der Waals surface area contributed by atoms with Gasteiger partial charge in [0.05, 0.1) is 5.71 Å². The van der Waals surface area contributed by atoms with Crippen LogP contribution in [0.5, 0.6) is 5.75 Å². The number of carbonyl (C=O) groups excluding carboxylic acids is 1. The summed E-state index contributed by atoms with van der Waals surface area (Å²) in [5, 5.41) is 4.10. The minimum absolute atomic E-state index is 0.0353. The molecule has 6 heteroatoms. The number of hydrazone groups is 1. The van der Waals surface area contributed by atoms with Crippen molar-refractivity contribution in [3.8, 4) is 5.75 Å².